The molecule has 96 valence electrons. The zero-order chi connectivity index (χ0) is 13.2. The van der Waals surface area contributed by atoms with E-state index in [4.69, 9.17) is 5.11 Å². The molecule has 6 heteroatoms. The molecule has 1 saturated carbocycles. The highest BCUT2D eigenvalue weighted by atomic mass is 16.4. The van der Waals surface area contributed by atoms with Gasteiger partial charge in [0.25, 0.3) is 0 Å². The molecule has 1 aliphatic rings. The Morgan fingerprint density at radius 2 is 1.88 bits per heavy atom. The fraction of sp³-hybridized carbons (Fsp3) is 0.727. The Balaban J connectivity index is 2.50. The molecule has 0 aromatic carbocycles. The summed E-state index contributed by atoms with van der Waals surface area (Å²) in [4.78, 5) is 35.3. The second-order valence-electron chi connectivity index (χ2n) is 4.93. The summed E-state index contributed by atoms with van der Waals surface area (Å²) < 4.78 is 0. The molecule has 0 radical (unpaired) electrons. The number of carbonyl (C=O) groups excluding carboxylic acids is 2. The second-order valence-corrected chi connectivity index (χ2v) is 4.93. The number of nitrogens with zero attached hydrogens (tertiary/aromatic N) is 1. The lowest BCUT2D eigenvalue weighted by Gasteiger charge is -2.25. The molecule has 1 fully saturated rings. The first kappa shape index (κ1) is 13.5. The number of aliphatic carboxylic acids is 1. The van der Waals surface area contributed by atoms with Crippen LogP contribution >= 0.6 is 0 Å². The summed E-state index contributed by atoms with van der Waals surface area (Å²) in [5, 5.41) is 11.6. The number of likely N-dealkylation sites (N-methyl/N-ethyl adjacent to an activating group) is 1. The summed E-state index contributed by atoms with van der Waals surface area (Å²) in [7, 11) is 1.43. The van der Waals surface area contributed by atoms with E-state index in [0.717, 1.165) is 17.7 Å². The second kappa shape index (κ2) is 4.73. The third-order valence-corrected chi connectivity index (χ3v) is 2.74. The molecule has 2 amide bonds. The van der Waals surface area contributed by atoms with Gasteiger partial charge in [-0.2, -0.15) is 0 Å². The zero-order valence-corrected chi connectivity index (χ0v) is 10.3. The lowest BCUT2D eigenvalue weighted by molar-refractivity contribution is -0.158. The van der Waals surface area contributed by atoms with Gasteiger partial charge in [-0.25, -0.2) is 0 Å². The van der Waals surface area contributed by atoms with Gasteiger partial charge in [-0.15, -0.1) is 0 Å². The Kier molecular flexibility index (Phi) is 3.75. The van der Waals surface area contributed by atoms with Crippen LogP contribution in [0, 0.1) is 5.41 Å². The standard InChI is InChI=1S/C11H18N2O4/c1-11(2,10(16)17)9(15)13(3)6-8(14)12-7-4-5-7/h7H,4-6H2,1-3H3,(H,12,14)(H,16,17). The van der Waals surface area contributed by atoms with Crippen molar-refractivity contribution in [1.29, 1.82) is 0 Å². The number of amides is 2. The van der Waals surface area contributed by atoms with Crippen molar-refractivity contribution in [3.05, 3.63) is 0 Å². The molecule has 0 bridgehead atoms. The molecule has 0 aromatic heterocycles. The van der Waals surface area contributed by atoms with Crippen molar-refractivity contribution in [2.24, 2.45) is 5.41 Å². The predicted octanol–water partition coefficient (Wildman–Crippen LogP) is -0.166. The highest BCUT2D eigenvalue weighted by Gasteiger charge is 2.38. The van der Waals surface area contributed by atoms with Gasteiger partial charge in [-0.05, 0) is 26.7 Å². The van der Waals surface area contributed by atoms with Crippen molar-refractivity contribution in [3.8, 4) is 0 Å². The molecular weight excluding hydrogens is 224 g/mol. The smallest absolute Gasteiger partial charge is 0.318 e. The van der Waals surface area contributed by atoms with Crippen molar-refractivity contribution in [2.75, 3.05) is 13.6 Å². The third-order valence-electron chi connectivity index (χ3n) is 2.74. The van der Waals surface area contributed by atoms with Crippen LogP contribution < -0.4 is 5.32 Å². The van der Waals surface area contributed by atoms with Gasteiger partial charge in [0.1, 0.15) is 5.41 Å². The van der Waals surface area contributed by atoms with Crippen LogP contribution in [0.2, 0.25) is 0 Å². The maximum Gasteiger partial charge on any atom is 0.318 e. The lowest BCUT2D eigenvalue weighted by atomic mass is 9.92. The number of nitrogens with one attached hydrogen (secondary N) is 1. The quantitative estimate of drug-likeness (QED) is 0.655. The van der Waals surface area contributed by atoms with Gasteiger partial charge in [0, 0.05) is 13.1 Å². The van der Waals surface area contributed by atoms with Gasteiger partial charge in [0.15, 0.2) is 0 Å². The SMILES string of the molecule is CN(CC(=O)NC1CC1)C(=O)C(C)(C)C(=O)O. The van der Waals surface area contributed by atoms with Crippen LogP contribution in [-0.4, -0.2) is 47.4 Å². The molecule has 0 saturated heterocycles. The maximum absolute atomic E-state index is 11.8. The van der Waals surface area contributed by atoms with Crippen LogP contribution in [0.1, 0.15) is 26.7 Å². The minimum Gasteiger partial charge on any atom is -0.480 e. The monoisotopic (exact) mass is 242 g/mol. The minimum atomic E-state index is -1.51. The molecule has 0 atom stereocenters. The van der Waals surface area contributed by atoms with Crippen LogP contribution in [0.15, 0.2) is 0 Å². The van der Waals surface area contributed by atoms with E-state index in [2.05, 4.69) is 5.32 Å². The molecule has 0 aromatic rings. The summed E-state index contributed by atoms with van der Waals surface area (Å²) in [6.07, 6.45) is 1.95. The van der Waals surface area contributed by atoms with Crippen molar-refractivity contribution in [2.45, 2.75) is 32.7 Å². The zero-order valence-electron chi connectivity index (χ0n) is 10.3. The largest absolute Gasteiger partial charge is 0.480 e. The molecule has 0 spiro atoms. The lowest BCUT2D eigenvalue weighted by Crippen LogP contribution is -2.47. The highest BCUT2D eigenvalue weighted by Crippen LogP contribution is 2.20. The normalized spacial score (nSPS) is 15.2. The maximum atomic E-state index is 11.8. The number of carboxylic acids is 1. The average Bonchev–Trinajstić information content (AvgIpc) is 2.99. The number of hydrogen-bond acceptors (Lipinski definition) is 3. The van der Waals surface area contributed by atoms with Crippen molar-refractivity contribution >= 4 is 17.8 Å². The van der Waals surface area contributed by atoms with Gasteiger partial charge >= 0.3 is 5.97 Å². The highest BCUT2D eigenvalue weighted by molar-refractivity contribution is 6.01. The van der Waals surface area contributed by atoms with E-state index in [9.17, 15) is 14.4 Å². The van der Waals surface area contributed by atoms with Gasteiger partial charge in [0.05, 0.1) is 6.54 Å². The predicted molar refractivity (Wildman–Crippen MR) is 60.2 cm³/mol. The summed E-state index contributed by atoms with van der Waals surface area (Å²) in [6, 6.07) is 0.235. The van der Waals surface area contributed by atoms with E-state index in [0.29, 0.717) is 0 Å². The summed E-state index contributed by atoms with van der Waals surface area (Å²) in [5.41, 5.74) is -1.51. The van der Waals surface area contributed by atoms with Crippen LogP contribution in [0.3, 0.4) is 0 Å². The van der Waals surface area contributed by atoms with E-state index in [1.165, 1.54) is 20.9 Å². The van der Waals surface area contributed by atoms with Crippen molar-refractivity contribution < 1.29 is 19.5 Å². The van der Waals surface area contributed by atoms with Gasteiger partial charge < -0.3 is 15.3 Å². The molecule has 17 heavy (non-hydrogen) atoms. The Bertz CT molecular complexity index is 347. The Hall–Kier alpha value is -1.59. The number of hydrogen-bond donors (Lipinski definition) is 2. The molecular formula is C11H18N2O4. The molecule has 1 aliphatic carbocycles. The fourth-order valence-corrected chi connectivity index (χ4v) is 1.36. The number of carboxylic acid groups (broad SMARTS) is 1. The first-order valence-electron chi connectivity index (χ1n) is 5.53. The molecule has 0 aliphatic heterocycles. The van der Waals surface area contributed by atoms with E-state index in [1.54, 1.807) is 0 Å². The molecule has 0 heterocycles. The van der Waals surface area contributed by atoms with E-state index in [1.807, 2.05) is 0 Å². The molecule has 1 rings (SSSR count). The average molecular weight is 242 g/mol. The topological polar surface area (TPSA) is 86.7 Å². The van der Waals surface area contributed by atoms with Crippen molar-refractivity contribution in [3.63, 3.8) is 0 Å². The summed E-state index contributed by atoms with van der Waals surface area (Å²) in [5.74, 6) is -2.02. The Morgan fingerprint density at radius 3 is 2.29 bits per heavy atom. The Morgan fingerprint density at radius 1 is 1.35 bits per heavy atom. The minimum absolute atomic E-state index is 0.105. The number of carbonyl (C=O) groups is 3. The summed E-state index contributed by atoms with van der Waals surface area (Å²) in [6.45, 7) is 2.55. The van der Waals surface area contributed by atoms with Crippen LogP contribution in [0.25, 0.3) is 0 Å². The van der Waals surface area contributed by atoms with Gasteiger partial charge in [0.2, 0.25) is 11.8 Å². The van der Waals surface area contributed by atoms with Gasteiger partial charge in [-0.3, -0.25) is 14.4 Å². The van der Waals surface area contributed by atoms with Crippen LogP contribution in [0.5, 0.6) is 0 Å². The summed E-state index contributed by atoms with van der Waals surface area (Å²) >= 11 is 0. The van der Waals surface area contributed by atoms with Crippen LogP contribution in [0.4, 0.5) is 0 Å². The number of rotatable bonds is 5. The molecule has 6 nitrogen and oxygen atoms in total. The first-order valence-corrected chi connectivity index (χ1v) is 5.53. The Labute approximate surface area is 100.0 Å². The van der Waals surface area contributed by atoms with E-state index < -0.39 is 17.3 Å². The van der Waals surface area contributed by atoms with Crippen molar-refractivity contribution in [1.82, 2.24) is 10.2 Å². The van der Waals surface area contributed by atoms with E-state index in [-0.39, 0.29) is 18.5 Å². The van der Waals surface area contributed by atoms with E-state index >= 15 is 0 Å². The first-order chi connectivity index (χ1) is 7.75. The van der Waals surface area contributed by atoms with Gasteiger partial charge in [-0.1, -0.05) is 0 Å². The molecule has 2 N–H and O–H groups in total. The fourth-order valence-electron chi connectivity index (χ4n) is 1.36. The molecule has 0 unspecified atom stereocenters. The third kappa shape index (κ3) is 3.44. The van der Waals surface area contributed by atoms with Crippen LogP contribution in [-0.2, 0) is 14.4 Å².